The molecule has 7 heteroatoms. The zero-order valence-electron chi connectivity index (χ0n) is 14.3. The SMILES string of the molecule is CC1CCCN(C(=O)C(NS(=O)(=O)c2ccccc2F)C(C)C)C1. The van der Waals surface area contributed by atoms with Crippen LogP contribution in [-0.2, 0) is 14.8 Å². The molecule has 1 heterocycles. The molecule has 0 aliphatic carbocycles. The van der Waals surface area contributed by atoms with Crippen molar-refractivity contribution in [2.45, 2.75) is 44.6 Å². The van der Waals surface area contributed by atoms with Gasteiger partial charge in [-0.25, -0.2) is 12.8 Å². The fraction of sp³-hybridized carbons (Fsp3) is 0.588. The number of carbonyl (C=O) groups is 1. The van der Waals surface area contributed by atoms with Crippen molar-refractivity contribution in [3.63, 3.8) is 0 Å². The minimum atomic E-state index is -4.10. The minimum Gasteiger partial charge on any atom is -0.341 e. The first kappa shape index (κ1) is 18.9. The number of hydrogen-bond acceptors (Lipinski definition) is 3. The number of carbonyl (C=O) groups excluding carboxylic acids is 1. The highest BCUT2D eigenvalue weighted by atomic mass is 32.2. The molecule has 1 aromatic carbocycles. The van der Waals surface area contributed by atoms with Crippen LogP contribution in [-0.4, -0.2) is 38.4 Å². The van der Waals surface area contributed by atoms with Crippen LogP contribution in [0.1, 0.15) is 33.6 Å². The highest BCUT2D eigenvalue weighted by Crippen LogP contribution is 2.20. The molecule has 134 valence electrons. The molecule has 1 aliphatic rings. The van der Waals surface area contributed by atoms with Crippen LogP contribution in [0.5, 0.6) is 0 Å². The van der Waals surface area contributed by atoms with Crippen LogP contribution in [0.4, 0.5) is 4.39 Å². The van der Waals surface area contributed by atoms with Gasteiger partial charge in [0, 0.05) is 13.1 Å². The van der Waals surface area contributed by atoms with Crippen LogP contribution in [0.25, 0.3) is 0 Å². The second-order valence-corrected chi connectivity index (χ2v) is 8.49. The van der Waals surface area contributed by atoms with Gasteiger partial charge in [0.15, 0.2) is 0 Å². The zero-order valence-corrected chi connectivity index (χ0v) is 15.1. The Morgan fingerprint density at radius 1 is 1.33 bits per heavy atom. The lowest BCUT2D eigenvalue weighted by atomic mass is 9.97. The monoisotopic (exact) mass is 356 g/mol. The third-order valence-corrected chi connectivity index (χ3v) is 5.78. The van der Waals surface area contributed by atoms with Crippen molar-refractivity contribution in [2.24, 2.45) is 11.8 Å². The third kappa shape index (κ3) is 4.33. The van der Waals surface area contributed by atoms with Crippen molar-refractivity contribution < 1.29 is 17.6 Å². The number of halogens is 1. The largest absolute Gasteiger partial charge is 0.341 e. The number of nitrogens with zero attached hydrogens (tertiary/aromatic N) is 1. The number of piperidine rings is 1. The average Bonchev–Trinajstić information content (AvgIpc) is 2.52. The maximum Gasteiger partial charge on any atom is 0.244 e. The van der Waals surface area contributed by atoms with Crippen LogP contribution < -0.4 is 4.72 Å². The highest BCUT2D eigenvalue weighted by Gasteiger charge is 2.33. The molecule has 0 saturated carbocycles. The Kier molecular flexibility index (Phi) is 5.98. The van der Waals surface area contributed by atoms with E-state index in [2.05, 4.69) is 11.6 Å². The maximum atomic E-state index is 13.8. The number of likely N-dealkylation sites (tertiary alicyclic amines) is 1. The summed E-state index contributed by atoms with van der Waals surface area (Å²) in [6, 6.07) is 4.26. The van der Waals surface area contributed by atoms with E-state index in [9.17, 15) is 17.6 Å². The van der Waals surface area contributed by atoms with Gasteiger partial charge in [-0.15, -0.1) is 0 Å². The fourth-order valence-electron chi connectivity index (χ4n) is 2.95. The molecule has 1 aromatic rings. The van der Waals surface area contributed by atoms with Gasteiger partial charge in [0.1, 0.15) is 16.8 Å². The molecule has 5 nitrogen and oxygen atoms in total. The number of nitrogens with one attached hydrogen (secondary N) is 1. The Hall–Kier alpha value is -1.47. The number of amides is 1. The van der Waals surface area contributed by atoms with E-state index in [4.69, 9.17) is 0 Å². The number of hydrogen-bond donors (Lipinski definition) is 1. The molecule has 1 saturated heterocycles. The maximum absolute atomic E-state index is 13.8. The molecule has 0 spiro atoms. The van der Waals surface area contributed by atoms with E-state index in [1.165, 1.54) is 18.2 Å². The van der Waals surface area contributed by atoms with Crippen LogP contribution in [0.2, 0.25) is 0 Å². The molecule has 0 bridgehead atoms. The first-order chi connectivity index (χ1) is 11.2. The number of sulfonamides is 1. The van der Waals surface area contributed by atoms with Crippen LogP contribution in [0.15, 0.2) is 29.2 Å². The Balaban J connectivity index is 2.22. The van der Waals surface area contributed by atoms with Gasteiger partial charge < -0.3 is 4.90 Å². The normalized spacial score (nSPS) is 20.2. The van der Waals surface area contributed by atoms with Crippen molar-refractivity contribution >= 4 is 15.9 Å². The lowest BCUT2D eigenvalue weighted by Gasteiger charge is -2.34. The fourth-order valence-corrected chi connectivity index (χ4v) is 4.37. The van der Waals surface area contributed by atoms with Crippen molar-refractivity contribution in [3.05, 3.63) is 30.1 Å². The van der Waals surface area contributed by atoms with E-state index in [-0.39, 0.29) is 11.8 Å². The predicted molar refractivity (Wildman–Crippen MR) is 90.3 cm³/mol. The topological polar surface area (TPSA) is 66.5 Å². The van der Waals surface area contributed by atoms with Gasteiger partial charge in [-0.05, 0) is 36.8 Å². The molecule has 1 N–H and O–H groups in total. The lowest BCUT2D eigenvalue weighted by molar-refractivity contribution is -0.135. The summed E-state index contributed by atoms with van der Waals surface area (Å²) >= 11 is 0. The van der Waals surface area contributed by atoms with E-state index < -0.39 is 26.8 Å². The second-order valence-electron chi connectivity index (χ2n) is 6.81. The van der Waals surface area contributed by atoms with Crippen LogP contribution in [0.3, 0.4) is 0 Å². The summed E-state index contributed by atoms with van der Waals surface area (Å²) in [6.07, 6.45) is 1.98. The van der Waals surface area contributed by atoms with Crippen molar-refractivity contribution in [1.82, 2.24) is 9.62 Å². The number of rotatable bonds is 5. The summed E-state index contributed by atoms with van der Waals surface area (Å²) in [4.78, 5) is 14.1. The summed E-state index contributed by atoms with van der Waals surface area (Å²) in [5, 5.41) is 0. The van der Waals surface area contributed by atoms with E-state index in [1.807, 2.05) is 0 Å². The van der Waals surface area contributed by atoms with Gasteiger partial charge in [-0.2, -0.15) is 4.72 Å². The number of benzene rings is 1. The molecule has 0 radical (unpaired) electrons. The third-order valence-electron chi connectivity index (χ3n) is 4.31. The van der Waals surface area contributed by atoms with E-state index in [1.54, 1.807) is 18.7 Å². The molecule has 1 amide bonds. The first-order valence-electron chi connectivity index (χ1n) is 8.28. The van der Waals surface area contributed by atoms with E-state index in [0.29, 0.717) is 19.0 Å². The quantitative estimate of drug-likeness (QED) is 0.881. The Morgan fingerprint density at radius 3 is 2.58 bits per heavy atom. The zero-order chi connectivity index (χ0) is 17.9. The van der Waals surface area contributed by atoms with Crippen LogP contribution in [0, 0.1) is 17.7 Å². The molecule has 24 heavy (non-hydrogen) atoms. The molecule has 2 rings (SSSR count). The molecule has 2 atom stereocenters. The highest BCUT2D eigenvalue weighted by molar-refractivity contribution is 7.89. The lowest BCUT2D eigenvalue weighted by Crippen LogP contribution is -2.53. The molecule has 0 aromatic heterocycles. The molecular weight excluding hydrogens is 331 g/mol. The van der Waals surface area contributed by atoms with Crippen molar-refractivity contribution in [2.75, 3.05) is 13.1 Å². The minimum absolute atomic E-state index is 0.239. The Labute approximate surface area is 143 Å². The molecule has 1 aliphatic heterocycles. The summed E-state index contributed by atoms with van der Waals surface area (Å²) in [7, 11) is -4.10. The predicted octanol–water partition coefficient (Wildman–Crippen LogP) is 2.39. The summed E-state index contributed by atoms with van der Waals surface area (Å²) in [6.45, 7) is 6.89. The van der Waals surface area contributed by atoms with Gasteiger partial charge in [-0.3, -0.25) is 4.79 Å². The van der Waals surface area contributed by atoms with Gasteiger partial charge in [0.2, 0.25) is 15.9 Å². The second kappa shape index (κ2) is 7.61. The summed E-state index contributed by atoms with van der Waals surface area (Å²) in [5.74, 6) is -0.905. The van der Waals surface area contributed by atoms with Crippen LogP contribution >= 0.6 is 0 Å². The molecular formula is C17H25FN2O3S. The van der Waals surface area contributed by atoms with Crippen molar-refractivity contribution in [3.8, 4) is 0 Å². The molecule has 1 fully saturated rings. The van der Waals surface area contributed by atoms with Gasteiger partial charge in [-0.1, -0.05) is 32.9 Å². The Bertz CT molecular complexity index is 691. The van der Waals surface area contributed by atoms with Gasteiger partial charge >= 0.3 is 0 Å². The smallest absolute Gasteiger partial charge is 0.244 e. The van der Waals surface area contributed by atoms with Gasteiger partial charge in [0.05, 0.1) is 0 Å². The van der Waals surface area contributed by atoms with Gasteiger partial charge in [0.25, 0.3) is 0 Å². The van der Waals surface area contributed by atoms with Crippen molar-refractivity contribution in [1.29, 1.82) is 0 Å². The van der Waals surface area contributed by atoms with E-state index in [0.717, 1.165) is 18.9 Å². The Morgan fingerprint density at radius 2 is 2.00 bits per heavy atom. The average molecular weight is 356 g/mol. The standard InChI is InChI=1S/C17H25FN2O3S/c1-12(2)16(17(21)20-10-6-7-13(3)11-20)19-24(22,23)15-9-5-4-8-14(15)18/h4-5,8-9,12-13,16,19H,6-7,10-11H2,1-3H3. The first-order valence-corrected chi connectivity index (χ1v) is 9.76. The summed E-state index contributed by atoms with van der Waals surface area (Å²) < 4.78 is 41.2. The molecule has 2 unspecified atom stereocenters. The van der Waals surface area contributed by atoms with E-state index >= 15 is 0 Å². The summed E-state index contributed by atoms with van der Waals surface area (Å²) in [5.41, 5.74) is 0.